The molecule has 0 atom stereocenters. The summed E-state index contributed by atoms with van der Waals surface area (Å²) in [7, 11) is 0. The monoisotopic (exact) mass is 277 g/mol. The molecule has 0 heterocycles. The topological polar surface area (TPSA) is 20.3 Å². The van der Waals surface area contributed by atoms with E-state index < -0.39 is 5.82 Å². The maximum Gasteiger partial charge on any atom is 0.238 e. The number of rotatable bonds is 4. The molecule has 0 bridgehead atoms. The van der Waals surface area contributed by atoms with Gasteiger partial charge in [0.15, 0.2) is 0 Å². The first-order valence-electron chi connectivity index (χ1n) is 5.25. The van der Waals surface area contributed by atoms with Crippen molar-refractivity contribution in [3.63, 3.8) is 0 Å². The van der Waals surface area contributed by atoms with Crippen molar-refractivity contribution in [3.8, 4) is 0 Å². The van der Waals surface area contributed by atoms with Gasteiger partial charge < -0.3 is 4.90 Å². The molecular formula is C12H14Cl2FNO. The minimum atomic E-state index is -0.412. The first-order chi connectivity index (χ1) is 7.97. The first-order valence-corrected chi connectivity index (χ1v) is 6.17. The van der Waals surface area contributed by atoms with Crippen molar-refractivity contribution in [1.29, 1.82) is 0 Å². The number of amides is 1. The standard InChI is InChI=1S/C12H14Cl2FNO/c1-8(2)16(12(17)6-13)7-9-10(14)4-3-5-11(9)15/h3-5,8H,6-7H2,1-2H3. The summed E-state index contributed by atoms with van der Waals surface area (Å²) in [6, 6.07) is 4.40. The molecule has 1 amide bonds. The molecule has 0 saturated carbocycles. The Kier molecular flexibility index (Phi) is 5.22. The summed E-state index contributed by atoms with van der Waals surface area (Å²) in [6.07, 6.45) is 0. The third-order valence-corrected chi connectivity index (χ3v) is 3.03. The predicted octanol–water partition coefficient (Wildman–Crippen LogP) is 3.45. The van der Waals surface area contributed by atoms with Crippen LogP contribution in [0.3, 0.4) is 0 Å². The van der Waals surface area contributed by atoms with E-state index in [1.807, 2.05) is 13.8 Å². The number of hydrogen-bond acceptors (Lipinski definition) is 1. The highest BCUT2D eigenvalue weighted by atomic mass is 35.5. The van der Waals surface area contributed by atoms with E-state index in [9.17, 15) is 9.18 Å². The SMILES string of the molecule is CC(C)N(Cc1c(F)cccc1Cl)C(=O)CCl. The van der Waals surface area contributed by atoms with Crippen LogP contribution in [0.2, 0.25) is 5.02 Å². The van der Waals surface area contributed by atoms with Gasteiger partial charge in [0, 0.05) is 16.6 Å². The first kappa shape index (κ1) is 14.3. The second-order valence-electron chi connectivity index (χ2n) is 3.95. The molecule has 0 spiro atoms. The van der Waals surface area contributed by atoms with E-state index in [-0.39, 0.29) is 24.4 Å². The van der Waals surface area contributed by atoms with E-state index in [0.29, 0.717) is 10.6 Å². The molecule has 0 aromatic heterocycles. The van der Waals surface area contributed by atoms with Crippen molar-refractivity contribution in [2.75, 3.05) is 5.88 Å². The summed E-state index contributed by atoms with van der Waals surface area (Å²) in [5, 5.41) is 0.318. The molecule has 0 N–H and O–H groups in total. The number of hydrogen-bond donors (Lipinski definition) is 0. The van der Waals surface area contributed by atoms with Crippen molar-refractivity contribution < 1.29 is 9.18 Å². The zero-order valence-corrected chi connectivity index (χ0v) is 11.2. The summed E-state index contributed by atoms with van der Waals surface area (Å²) in [5.74, 6) is -0.768. The van der Waals surface area contributed by atoms with Crippen LogP contribution in [0.1, 0.15) is 19.4 Å². The molecule has 0 radical (unpaired) electrons. The largest absolute Gasteiger partial charge is 0.335 e. The van der Waals surface area contributed by atoms with Crippen LogP contribution in [0.15, 0.2) is 18.2 Å². The van der Waals surface area contributed by atoms with Gasteiger partial charge in [0.25, 0.3) is 0 Å². The van der Waals surface area contributed by atoms with Gasteiger partial charge in [0.2, 0.25) is 5.91 Å². The lowest BCUT2D eigenvalue weighted by Gasteiger charge is -2.26. The molecular weight excluding hydrogens is 264 g/mol. The Morgan fingerprint density at radius 3 is 2.59 bits per heavy atom. The molecule has 94 valence electrons. The van der Waals surface area contributed by atoms with Crippen molar-refractivity contribution in [2.45, 2.75) is 26.4 Å². The van der Waals surface area contributed by atoms with E-state index in [4.69, 9.17) is 23.2 Å². The molecule has 1 aromatic rings. The highest BCUT2D eigenvalue weighted by molar-refractivity contribution is 6.31. The van der Waals surface area contributed by atoms with E-state index >= 15 is 0 Å². The molecule has 2 nitrogen and oxygen atoms in total. The van der Waals surface area contributed by atoms with Crippen LogP contribution < -0.4 is 0 Å². The number of nitrogens with zero attached hydrogens (tertiary/aromatic N) is 1. The lowest BCUT2D eigenvalue weighted by Crippen LogP contribution is -2.37. The smallest absolute Gasteiger partial charge is 0.238 e. The van der Waals surface area contributed by atoms with Gasteiger partial charge in [-0.2, -0.15) is 0 Å². The second kappa shape index (κ2) is 6.22. The number of halogens is 3. The maximum atomic E-state index is 13.6. The number of carbonyl (C=O) groups is 1. The van der Waals surface area contributed by atoms with Crippen molar-refractivity contribution in [1.82, 2.24) is 4.90 Å². The fourth-order valence-corrected chi connectivity index (χ4v) is 1.87. The molecule has 1 rings (SSSR count). The average molecular weight is 278 g/mol. The molecule has 0 aliphatic carbocycles. The fourth-order valence-electron chi connectivity index (χ4n) is 1.49. The predicted molar refractivity (Wildman–Crippen MR) is 67.8 cm³/mol. The Balaban J connectivity index is 2.98. The van der Waals surface area contributed by atoms with Crippen LogP contribution in [-0.4, -0.2) is 22.7 Å². The molecule has 5 heteroatoms. The molecule has 0 unspecified atom stereocenters. The van der Waals surface area contributed by atoms with Gasteiger partial charge in [-0.15, -0.1) is 11.6 Å². The van der Waals surface area contributed by atoms with Gasteiger partial charge in [-0.25, -0.2) is 4.39 Å². The van der Waals surface area contributed by atoms with Crippen molar-refractivity contribution in [2.24, 2.45) is 0 Å². The molecule has 17 heavy (non-hydrogen) atoms. The highest BCUT2D eigenvalue weighted by Crippen LogP contribution is 2.21. The summed E-state index contributed by atoms with van der Waals surface area (Å²) in [4.78, 5) is 13.1. The van der Waals surface area contributed by atoms with Gasteiger partial charge >= 0.3 is 0 Å². The molecule has 0 aliphatic heterocycles. The third kappa shape index (κ3) is 3.58. The second-order valence-corrected chi connectivity index (χ2v) is 4.62. The van der Waals surface area contributed by atoms with E-state index in [1.54, 1.807) is 6.07 Å². The number of carbonyl (C=O) groups excluding carboxylic acids is 1. The van der Waals surface area contributed by atoms with Crippen LogP contribution in [0.5, 0.6) is 0 Å². The lowest BCUT2D eigenvalue weighted by molar-refractivity contribution is -0.130. The molecule has 1 aromatic carbocycles. The van der Waals surface area contributed by atoms with Gasteiger partial charge in [0.1, 0.15) is 11.7 Å². The van der Waals surface area contributed by atoms with Crippen LogP contribution in [-0.2, 0) is 11.3 Å². The zero-order valence-electron chi connectivity index (χ0n) is 9.71. The van der Waals surface area contributed by atoms with E-state index in [0.717, 1.165) is 0 Å². The Morgan fingerprint density at radius 2 is 2.12 bits per heavy atom. The van der Waals surface area contributed by atoms with Crippen LogP contribution in [0.4, 0.5) is 4.39 Å². The summed E-state index contributed by atoms with van der Waals surface area (Å²) < 4.78 is 13.6. The summed E-state index contributed by atoms with van der Waals surface area (Å²) in [6.45, 7) is 3.83. The quantitative estimate of drug-likeness (QED) is 0.772. The van der Waals surface area contributed by atoms with Crippen LogP contribution in [0, 0.1) is 5.82 Å². The Labute approximate surface area is 110 Å². The molecule has 0 aliphatic rings. The summed E-state index contributed by atoms with van der Waals surface area (Å²) in [5.41, 5.74) is 0.321. The highest BCUT2D eigenvalue weighted by Gasteiger charge is 2.19. The number of benzene rings is 1. The normalized spacial score (nSPS) is 10.7. The van der Waals surface area contributed by atoms with Gasteiger partial charge in [-0.05, 0) is 26.0 Å². The Morgan fingerprint density at radius 1 is 1.47 bits per heavy atom. The van der Waals surface area contributed by atoms with E-state index in [2.05, 4.69) is 0 Å². The van der Waals surface area contributed by atoms with Crippen molar-refractivity contribution >= 4 is 29.1 Å². The third-order valence-electron chi connectivity index (χ3n) is 2.45. The molecule has 0 fully saturated rings. The van der Waals surface area contributed by atoms with Gasteiger partial charge in [-0.3, -0.25) is 4.79 Å². The minimum absolute atomic E-state index is 0.0584. The van der Waals surface area contributed by atoms with Crippen molar-refractivity contribution in [3.05, 3.63) is 34.6 Å². The Hall–Kier alpha value is -0.800. The summed E-state index contributed by atoms with van der Waals surface area (Å²) >= 11 is 11.4. The average Bonchev–Trinajstić information content (AvgIpc) is 2.27. The van der Waals surface area contributed by atoms with Gasteiger partial charge in [-0.1, -0.05) is 17.7 Å². The van der Waals surface area contributed by atoms with Crippen LogP contribution in [0.25, 0.3) is 0 Å². The van der Waals surface area contributed by atoms with E-state index in [1.165, 1.54) is 17.0 Å². The lowest BCUT2D eigenvalue weighted by atomic mass is 10.1. The van der Waals surface area contributed by atoms with Crippen LogP contribution >= 0.6 is 23.2 Å². The molecule has 0 saturated heterocycles. The fraction of sp³-hybridized carbons (Fsp3) is 0.417. The van der Waals surface area contributed by atoms with Gasteiger partial charge in [0.05, 0.1) is 6.54 Å². The maximum absolute atomic E-state index is 13.6. The number of alkyl halides is 1. The zero-order chi connectivity index (χ0) is 13.0. The minimum Gasteiger partial charge on any atom is -0.335 e. The Bertz CT molecular complexity index is 389.